The van der Waals surface area contributed by atoms with E-state index in [1.165, 1.54) is 12.8 Å². The van der Waals surface area contributed by atoms with Crippen LogP contribution in [-0.2, 0) is 0 Å². The topological polar surface area (TPSA) is 12.0 Å². The predicted molar refractivity (Wildman–Crippen MR) is 64.9 cm³/mol. The molecule has 1 aliphatic carbocycles. The first-order valence-electron chi connectivity index (χ1n) is 4.44. The van der Waals surface area contributed by atoms with Gasteiger partial charge in [0.25, 0.3) is 0 Å². The van der Waals surface area contributed by atoms with Gasteiger partial charge in [-0.05, 0) is 37.0 Å². The third-order valence-corrected chi connectivity index (χ3v) is 2.95. The molecule has 0 bridgehead atoms. The van der Waals surface area contributed by atoms with Gasteiger partial charge in [0.15, 0.2) is 0 Å². The number of hydrogen-bond donors (Lipinski definition) is 1. The van der Waals surface area contributed by atoms with Crippen molar-refractivity contribution in [2.24, 2.45) is 5.92 Å². The summed E-state index contributed by atoms with van der Waals surface area (Å²) in [5.74, 6) is 0.870. The fourth-order valence-electron chi connectivity index (χ4n) is 1.19. The van der Waals surface area contributed by atoms with Gasteiger partial charge in [-0.25, -0.2) is 0 Å². The number of hydrogen-bond acceptors (Lipinski definition) is 1. The molecule has 0 radical (unpaired) electrons. The van der Waals surface area contributed by atoms with Gasteiger partial charge in [0.2, 0.25) is 0 Å². The monoisotopic (exact) mass is 251 g/mol. The Kier molecular flexibility index (Phi) is 4.36. The average Bonchev–Trinajstić information content (AvgIpc) is 2.91. The zero-order valence-corrected chi connectivity index (χ0v) is 9.92. The van der Waals surface area contributed by atoms with Crippen molar-refractivity contribution in [2.45, 2.75) is 12.8 Å². The molecule has 0 aliphatic heterocycles. The highest BCUT2D eigenvalue weighted by Gasteiger charge is 2.20. The van der Waals surface area contributed by atoms with Crippen molar-refractivity contribution in [3.05, 3.63) is 28.2 Å². The predicted octanol–water partition coefficient (Wildman–Crippen LogP) is 4.24. The van der Waals surface area contributed by atoms with Gasteiger partial charge in [-0.3, -0.25) is 0 Å². The highest BCUT2D eigenvalue weighted by Crippen LogP contribution is 2.30. The normalized spacial score (nSPS) is 14.7. The maximum atomic E-state index is 5.87. The van der Waals surface area contributed by atoms with E-state index in [1.807, 2.05) is 18.2 Å². The lowest BCUT2D eigenvalue weighted by molar-refractivity contribution is 0.889. The zero-order valence-electron chi connectivity index (χ0n) is 7.59. The maximum Gasteiger partial charge on any atom is 0.0612 e. The molecule has 0 heterocycles. The van der Waals surface area contributed by atoms with Crippen molar-refractivity contribution >= 4 is 41.3 Å². The second-order valence-electron chi connectivity index (χ2n) is 3.45. The second-order valence-corrected chi connectivity index (χ2v) is 4.27. The van der Waals surface area contributed by atoms with Crippen LogP contribution in [0, 0.1) is 5.92 Å². The van der Waals surface area contributed by atoms with E-state index in [-0.39, 0.29) is 12.4 Å². The van der Waals surface area contributed by atoms with E-state index < -0.39 is 0 Å². The minimum absolute atomic E-state index is 0. The Labute approximate surface area is 100 Å². The van der Waals surface area contributed by atoms with Gasteiger partial charge in [-0.1, -0.05) is 23.2 Å². The Balaban J connectivity index is 0.000000980. The molecule has 1 N–H and O–H groups in total. The number of anilines is 1. The fourth-order valence-corrected chi connectivity index (χ4v) is 1.49. The van der Waals surface area contributed by atoms with Gasteiger partial charge in [-0.15, -0.1) is 12.4 Å². The van der Waals surface area contributed by atoms with Crippen molar-refractivity contribution in [3.8, 4) is 0 Å². The maximum absolute atomic E-state index is 5.87. The van der Waals surface area contributed by atoms with E-state index >= 15 is 0 Å². The summed E-state index contributed by atoms with van der Waals surface area (Å²) in [4.78, 5) is 0. The van der Waals surface area contributed by atoms with Crippen LogP contribution in [-0.4, -0.2) is 6.54 Å². The first-order chi connectivity index (χ1) is 6.25. The first kappa shape index (κ1) is 12.0. The summed E-state index contributed by atoms with van der Waals surface area (Å²) in [6.07, 6.45) is 2.71. The van der Waals surface area contributed by atoms with Gasteiger partial charge >= 0.3 is 0 Å². The molecule has 78 valence electrons. The average molecular weight is 253 g/mol. The van der Waals surface area contributed by atoms with E-state index in [2.05, 4.69) is 5.32 Å². The minimum atomic E-state index is 0. The Morgan fingerprint density at radius 1 is 1.21 bits per heavy atom. The van der Waals surface area contributed by atoms with Gasteiger partial charge in [-0.2, -0.15) is 0 Å². The van der Waals surface area contributed by atoms with Crippen LogP contribution in [0.1, 0.15) is 12.8 Å². The molecule has 1 fully saturated rings. The Hall–Kier alpha value is -0.110. The van der Waals surface area contributed by atoms with E-state index in [4.69, 9.17) is 23.2 Å². The Bertz CT molecular complexity index is 310. The van der Waals surface area contributed by atoms with Crippen molar-refractivity contribution < 1.29 is 0 Å². The summed E-state index contributed by atoms with van der Waals surface area (Å²) in [5.41, 5.74) is 1.06. The lowest BCUT2D eigenvalue weighted by Gasteiger charge is -2.05. The van der Waals surface area contributed by atoms with Crippen molar-refractivity contribution in [2.75, 3.05) is 11.9 Å². The molecule has 14 heavy (non-hydrogen) atoms. The third-order valence-electron chi connectivity index (χ3n) is 2.21. The molecule has 1 nitrogen and oxygen atoms in total. The molecule has 0 unspecified atom stereocenters. The van der Waals surface area contributed by atoms with Crippen LogP contribution in [0.4, 0.5) is 5.69 Å². The van der Waals surface area contributed by atoms with E-state index in [0.29, 0.717) is 10.0 Å². The van der Waals surface area contributed by atoms with Crippen LogP contribution in [0.3, 0.4) is 0 Å². The molecule has 0 spiro atoms. The molecular weight excluding hydrogens is 240 g/mol. The molecule has 0 aromatic heterocycles. The lowest BCUT2D eigenvalue weighted by atomic mass is 10.3. The van der Waals surface area contributed by atoms with Crippen LogP contribution >= 0.6 is 35.6 Å². The summed E-state index contributed by atoms with van der Waals surface area (Å²) in [6, 6.07) is 5.64. The summed E-state index contributed by atoms with van der Waals surface area (Å²) in [7, 11) is 0. The van der Waals surface area contributed by atoms with Crippen LogP contribution in [0.5, 0.6) is 0 Å². The smallest absolute Gasteiger partial charge is 0.0612 e. The molecule has 1 aromatic rings. The van der Waals surface area contributed by atoms with Crippen molar-refractivity contribution in [3.63, 3.8) is 0 Å². The molecule has 2 rings (SSSR count). The minimum Gasteiger partial charge on any atom is -0.385 e. The van der Waals surface area contributed by atoms with Gasteiger partial charge < -0.3 is 5.32 Å². The zero-order chi connectivity index (χ0) is 9.26. The van der Waals surface area contributed by atoms with Crippen LogP contribution in [0.15, 0.2) is 18.2 Å². The Morgan fingerprint density at radius 3 is 2.50 bits per heavy atom. The molecule has 1 saturated carbocycles. The number of halogens is 3. The number of rotatable bonds is 3. The molecule has 0 atom stereocenters. The summed E-state index contributed by atoms with van der Waals surface area (Å²) in [5, 5.41) is 4.55. The quantitative estimate of drug-likeness (QED) is 0.848. The van der Waals surface area contributed by atoms with Gasteiger partial charge in [0.05, 0.1) is 10.0 Å². The standard InChI is InChI=1S/C10H11Cl2N.ClH/c11-9-4-3-8(5-10(9)12)13-6-7-1-2-7;/h3-5,7,13H,1-2,6H2;1H. The Morgan fingerprint density at radius 2 is 1.93 bits per heavy atom. The molecule has 1 aromatic carbocycles. The third kappa shape index (κ3) is 3.23. The molecule has 1 aliphatic rings. The second kappa shape index (κ2) is 5.11. The molecular formula is C10H12Cl3N. The molecule has 0 saturated heterocycles. The van der Waals surface area contributed by atoms with Crippen LogP contribution < -0.4 is 5.32 Å². The van der Waals surface area contributed by atoms with E-state index in [0.717, 1.165) is 18.2 Å². The SMILES string of the molecule is Cl.Clc1ccc(NCC2CC2)cc1Cl. The summed E-state index contributed by atoms with van der Waals surface area (Å²) in [6.45, 7) is 1.05. The van der Waals surface area contributed by atoms with Crippen molar-refractivity contribution in [1.82, 2.24) is 0 Å². The first-order valence-corrected chi connectivity index (χ1v) is 5.20. The molecule has 0 amide bonds. The van der Waals surface area contributed by atoms with E-state index in [9.17, 15) is 0 Å². The highest BCUT2D eigenvalue weighted by molar-refractivity contribution is 6.42. The lowest BCUT2D eigenvalue weighted by Crippen LogP contribution is -2.02. The van der Waals surface area contributed by atoms with Gasteiger partial charge in [0, 0.05) is 12.2 Å². The largest absolute Gasteiger partial charge is 0.385 e. The molecule has 4 heteroatoms. The van der Waals surface area contributed by atoms with Crippen LogP contribution in [0.2, 0.25) is 10.0 Å². The van der Waals surface area contributed by atoms with Gasteiger partial charge in [0.1, 0.15) is 0 Å². The summed E-state index contributed by atoms with van der Waals surface area (Å²) >= 11 is 11.7. The van der Waals surface area contributed by atoms with Crippen LogP contribution in [0.25, 0.3) is 0 Å². The van der Waals surface area contributed by atoms with E-state index in [1.54, 1.807) is 0 Å². The van der Waals surface area contributed by atoms with Crippen molar-refractivity contribution in [1.29, 1.82) is 0 Å². The number of benzene rings is 1. The fraction of sp³-hybridized carbons (Fsp3) is 0.400. The highest BCUT2D eigenvalue weighted by atomic mass is 35.5. The summed E-state index contributed by atoms with van der Waals surface area (Å²) < 4.78 is 0. The number of nitrogens with one attached hydrogen (secondary N) is 1.